The van der Waals surface area contributed by atoms with E-state index >= 15 is 0 Å². The molecule has 0 aromatic carbocycles. The lowest BCUT2D eigenvalue weighted by Crippen LogP contribution is -2.16. The second-order valence-corrected chi connectivity index (χ2v) is 3.71. The molecular formula is C11H14N2O3. The van der Waals surface area contributed by atoms with Crippen LogP contribution in [-0.4, -0.2) is 36.3 Å². The predicted octanol–water partition coefficient (Wildman–Crippen LogP) is 1.16. The zero-order chi connectivity index (χ0) is 11.4. The molecule has 1 aliphatic rings. The fourth-order valence-corrected chi connectivity index (χ4v) is 1.81. The summed E-state index contributed by atoms with van der Waals surface area (Å²) in [4.78, 5) is 19.4. The highest BCUT2D eigenvalue weighted by Gasteiger charge is 2.19. The smallest absolute Gasteiger partial charge is 0.356 e. The van der Waals surface area contributed by atoms with E-state index in [9.17, 15) is 4.79 Å². The summed E-state index contributed by atoms with van der Waals surface area (Å²) in [6, 6.07) is 1.71. The Morgan fingerprint density at radius 2 is 2.19 bits per heavy atom. The third-order valence-corrected chi connectivity index (χ3v) is 2.72. The summed E-state index contributed by atoms with van der Waals surface area (Å²) in [6.45, 7) is 1.50. The van der Waals surface area contributed by atoms with Gasteiger partial charge < -0.3 is 9.47 Å². The van der Waals surface area contributed by atoms with Crippen molar-refractivity contribution in [3.63, 3.8) is 0 Å². The second kappa shape index (κ2) is 5.03. The van der Waals surface area contributed by atoms with Gasteiger partial charge in [0.25, 0.3) is 0 Å². The van der Waals surface area contributed by atoms with Gasteiger partial charge in [-0.15, -0.1) is 0 Å². The van der Waals surface area contributed by atoms with Crippen LogP contribution in [0.1, 0.15) is 34.9 Å². The van der Waals surface area contributed by atoms with E-state index in [2.05, 4.69) is 14.7 Å². The fraction of sp³-hybridized carbons (Fsp3) is 0.545. The fourth-order valence-electron chi connectivity index (χ4n) is 1.81. The quantitative estimate of drug-likeness (QED) is 0.702. The van der Waals surface area contributed by atoms with Crippen molar-refractivity contribution in [2.75, 3.05) is 20.3 Å². The van der Waals surface area contributed by atoms with E-state index in [0.717, 1.165) is 31.7 Å². The van der Waals surface area contributed by atoms with Gasteiger partial charge in [-0.1, -0.05) is 0 Å². The number of hydrogen-bond donors (Lipinski definition) is 0. The lowest BCUT2D eigenvalue weighted by molar-refractivity contribution is 0.0593. The van der Waals surface area contributed by atoms with E-state index in [-0.39, 0.29) is 0 Å². The van der Waals surface area contributed by atoms with Crippen molar-refractivity contribution < 1.29 is 14.3 Å². The maximum absolute atomic E-state index is 11.3. The van der Waals surface area contributed by atoms with Crippen LogP contribution < -0.4 is 0 Å². The van der Waals surface area contributed by atoms with Crippen LogP contribution >= 0.6 is 0 Å². The third kappa shape index (κ3) is 2.36. The first kappa shape index (κ1) is 11.0. The summed E-state index contributed by atoms with van der Waals surface area (Å²) >= 11 is 0. The maximum atomic E-state index is 11.3. The largest absolute Gasteiger partial charge is 0.464 e. The molecule has 0 bridgehead atoms. The zero-order valence-corrected chi connectivity index (χ0v) is 9.18. The molecule has 0 aliphatic carbocycles. The van der Waals surface area contributed by atoms with Crippen molar-refractivity contribution in [3.8, 4) is 0 Å². The van der Waals surface area contributed by atoms with Crippen molar-refractivity contribution >= 4 is 5.97 Å². The Balaban J connectivity index is 2.17. The topological polar surface area (TPSA) is 61.3 Å². The number of nitrogens with zero attached hydrogens (tertiary/aromatic N) is 2. The molecule has 86 valence electrons. The predicted molar refractivity (Wildman–Crippen MR) is 56.2 cm³/mol. The molecule has 1 fully saturated rings. The van der Waals surface area contributed by atoms with E-state index in [0.29, 0.717) is 11.6 Å². The monoisotopic (exact) mass is 222 g/mol. The third-order valence-electron chi connectivity index (χ3n) is 2.72. The van der Waals surface area contributed by atoms with Gasteiger partial charge in [-0.05, 0) is 18.9 Å². The summed E-state index contributed by atoms with van der Waals surface area (Å²) in [5.74, 6) is -0.0594. The number of ether oxygens (including phenoxy) is 2. The van der Waals surface area contributed by atoms with E-state index < -0.39 is 5.97 Å². The molecule has 2 rings (SSSR count). The molecule has 0 radical (unpaired) electrons. The summed E-state index contributed by atoms with van der Waals surface area (Å²) in [5, 5.41) is 0. The molecule has 0 amide bonds. The van der Waals surface area contributed by atoms with Crippen LogP contribution in [0, 0.1) is 0 Å². The average Bonchev–Trinajstić information content (AvgIpc) is 2.39. The first-order valence-corrected chi connectivity index (χ1v) is 5.29. The highest BCUT2D eigenvalue weighted by molar-refractivity contribution is 5.87. The van der Waals surface area contributed by atoms with Crippen molar-refractivity contribution in [2.24, 2.45) is 0 Å². The summed E-state index contributed by atoms with van der Waals surface area (Å²) in [6.07, 6.45) is 3.30. The lowest BCUT2D eigenvalue weighted by atomic mass is 9.96. The molecule has 1 aromatic heterocycles. The highest BCUT2D eigenvalue weighted by Crippen LogP contribution is 2.25. The SMILES string of the molecule is COC(=O)c1cc(C2CCOCC2)ncn1. The van der Waals surface area contributed by atoms with Crippen molar-refractivity contribution in [1.29, 1.82) is 0 Å². The Kier molecular flexibility index (Phi) is 3.46. The van der Waals surface area contributed by atoms with Gasteiger partial charge >= 0.3 is 5.97 Å². The van der Waals surface area contributed by atoms with E-state index in [1.165, 1.54) is 13.4 Å². The highest BCUT2D eigenvalue weighted by atomic mass is 16.5. The number of rotatable bonds is 2. The number of carbonyl (C=O) groups excluding carboxylic acids is 1. The first-order chi connectivity index (χ1) is 7.81. The van der Waals surface area contributed by atoms with Crippen LogP contribution in [0.3, 0.4) is 0 Å². The Morgan fingerprint density at radius 3 is 2.88 bits per heavy atom. The minimum Gasteiger partial charge on any atom is -0.464 e. The minimum absolute atomic E-state index is 0.319. The van der Waals surface area contributed by atoms with Crippen molar-refractivity contribution in [1.82, 2.24) is 9.97 Å². The van der Waals surface area contributed by atoms with Crippen molar-refractivity contribution in [3.05, 3.63) is 23.8 Å². The molecule has 1 aromatic rings. The molecule has 2 heterocycles. The van der Waals surface area contributed by atoms with E-state index in [1.54, 1.807) is 6.07 Å². The van der Waals surface area contributed by atoms with Crippen molar-refractivity contribution in [2.45, 2.75) is 18.8 Å². The van der Waals surface area contributed by atoms with Crippen LogP contribution in [-0.2, 0) is 9.47 Å². The van der Waals surface area contributed by atoms with Gasteiger partial charge in [0, 0.05) is 24.8 Å². The molecule has 0 unspecified atom stereocenters. The van der Waals surface area contributed by atoms with Crippen LogP contribution in [0.15, 0.2) is 12.4 Å². The van der Waals surface area contributed by atoms with Gasteiger partial charge in [0.2, 0.25) is 0 Å². The summed E-state index contributed by atoms with van der Waals surface area (Å²) < 4.78 is 9.91. The summed E-state index contributed by atoms with van der Waals surface area (Å²) in [7, 11) is 1.35. The molecule has 5 heteroatoms. The number of hydrogen-bond acceptors (Lipinski definition) is 5. The molecule has 1 aliphatic heterocycles. The van der Waals surface area contributed by atoms with Gasteiger partial charge in [0.05, 0.1) is 7.11 Å². The molecule has 0 N–H and O–H groups in total. The Morgan fingerprint density at radius 1 is 1.44 bits per heavy atom. The van der Waals surface area contributed by atoms with E-state index in [1.807, 2.05) is 0 Å². The second-order valence-electron chi connectivity index (χ2n) is 3.71. The van der Waals surface area contributed by atoms with Gasteiger partial charge in [-0.25, -0.2) is 14.8 Å². The van der Waals surface area contributed by atoms with Gasteiger partial charge in [-0.3, -0.25) is 0 Å². The van der Waals surface area contributed by atoms with Crippen LogP contribution in [0.2, 0.25) is 0 Å². The number of aromatic nitrogens is 2. The van der Waals surface area contributed by atoms with Gasteiger partial charge in [0.15, 0.2) is 5.69 Å². The Hall–Kier alpha value is -1.49. The Bertz CT molecular complexity index is 375. The zero-order valence-electron chi connectivity index (χ0n) is 9.18. The molecule has 16 heavy (non-hydrogen) atoms. The molecule has 5 nitrogen and oxygen atoms in total. The standard InChI is InChI=1S/C11H14N2O3/c1-15-11(14)10-6-9(12-7-13-10)8-2-4-16-5-3-8/h6-8H,2-5H2,1H3. The molecule has 0 atom stereocenters. The van der Waals surface area contributed by atoms with Gasteiger partial charge in [-0.2, -0.15) is 0 Å². The maximum Gasteiger partial charge on any atom is 0.356 e. The first-order valence-electron chi connectivity index (χ1n) is 5.29. The molecule has 1 saturated heterocycles. The molecular weight excluding hydrogens is 208 g/mol. The number of esters is 1. The van der Waals surface area contributed by atoms with Crippen LogP contribution in [0.4, 0.5) is 0 Å². The molecule has 0 spiro atoms. The van der Waals surface area contributed by atoms with Gasteiger partial charge in [0.1, 0.15) is 6.33 Å². The normalized spacial score (nSPS) is 17.1. The Labute approximate surface area is 93.8 Å². The minimum atomic E-state index is -0.421. The average molecular weight is 222 g/mol. The van der Waals surface area contributed by atoms with E-state index in [4.69, 9.17) is 4.74 Å². The number of methoxy groups -OCH3 is 1. The van der Waals surface area contributed by atoms with Crippen LogP contribution in [0.25, 0.3) is 0 Å². The number of carbonyl (C=O) groups is 1. The molecule has 0 saturated carbocycles. The summed E-state index contributed by atoms with van der Waals surface area (Å²) in [5.41, 5.74) is 1.22. The van der Waals surface area contributed by atoms with Crippen LogP contribution in [0.5, 0.6) is 0 Å². The lowest BCUT2D eigenvalue weighted by Gasteiger charge is -2.21.